The Balaban J connectivity index is 1.77. The molecule has 0 bridgehead atoms. The van der Waals surface area contributed by atoms with Gasteiger partial charge in [-0.05, 0) is 49.2 Å². The van der Waals surface area contributed by atoms with E-state index >= 15 is 0 Å². The average molecular weight is 445 g/mol. The number of anilines is 2. The van der Waals surface area contributed by atoms with Crippen LogP contribution in [0.5, 0.6) is 5.75 Å². The molecule has 0 saturated carbocycles. The molecule has 3 aromatic rings. The standard InChI is InChI=1S/C26H24N2O3S/c1-4-18-8-5-6-11-22(18)28-25(29)23(27-19-9-7-10-20(16-19)31-3)24(26(28)30)32-21-14-12-17(2)13-15-21/h5-16,27H,4H2,1-3H3. The second-order valence-electron chi connectivity index (χ2n) is 7.40. The molecule has 1 aliphatic heterocycles. The van der Waals surface area contributed by atoms with Crippen LogP contribution in [0.1, 0.15) is 18.1 Å². The quantitative estimate of drug-likeness (QED) is 0.484. The van der Waals surface area contributed by atoms with Gasteiger partial charge in [-0.2, -0.15) is 0 Å². The number of para-hydroxylation sites is 1. The smallest absolute Gasteiger partial charge is 0.283 e. The summed E-state index contributed by atoms with van der Waals surface area (Å²) in [7, 11) is 1.59. The molecule has 3 aromatic carbocycles. The van der Waals surface area contributed by atoms with Gasteiger partial charge in [0.1, 0.15) is 16.4 Å². The second-order valence-corrected chi connectivity index (χ2v) is 8.49. The van der Waals surface area contributed by atoms with E-state index in [4.69, 9.17) is 4.74 Å². The summed E-state index contributed by atoms with van der Waals surface area (Å²) in [6.45, 7) is 4.02. The molecule has 0 unspecified atom stereocenters. The number of hydrogen-bond acceptors (Lipinski definition) is 5. The number of ether oxygens (including phenoxy) is 1. The highest BCUT2D eigenvalue weighted by atomic mass is 32.2. The minimum absolute atomic E-state index is 0.264. The zero-order valence-electron chi connectivity index (χ0n) is 18.2. The van der Waals surface area contributed by atoms with E-state index in [0.717, 1.165) is 16.0 Å². The number of imide groups is 1. The monoisotopic (exact) mass is 444 g/mol. The van der Waals surface area contributed by atoms with Crippen LogP contribution < -0.4 is 15.0 Å². The van der Waals surface area contributed by atoms with E-state index in [1.165, 1.54) is 16.7 Å². The van der Waals surface area contributed by atoms with Gasteiger partial charge in [-0.3, -0.25) is 9.59 Å². The van der Waals surface area contributed by atoms with Gasteiger partial charge in [-0.15, -0.1) is 0 Å². The molecule has 1 aliphatic rings. The van der Waals surface area contributed by atoms with Crippen LogP contribution in [0.15, 0.2) is 88.3 Å². The van der Waals surface area contributed by atoms with Crippen molar-refractivity contribution < 1.29 is 14.3 Å². The molecule has 1 heterocycles. The normalized spacial score (nSPS) is 13.7. The Hall–Kier alpha value is -3.51. The third kappa shape index (κ3) is 4.27. The van der Waals surface area contributed by atoms with E-state index in [1.54, 1.807) is 13.2 Å². The molecule has 1 N–H and O–H groups in total. The fraction of sp³-hybridized carbons (Fsp3) is 0.154. The number of aryl methyl sites for hydroxylation is 2. The highest BCUT2D eigenvalue weighted by Crippen LogP contribution is 2.39. The number of amides is 2. The minimum atomic E-state index is -0.367. The van der Waals surface area contributed by atoms with Gasteiger partial charge in [-0.25, -0.2) is 4.90 Å². The molecule has 162 valence electrons. The van der Waals surface area contributed by atoms with Crippen molar-refractivity contribution in [2.75, 3.05) is 17.3 Å². The van der Waals surface area contributed by atoms with Crippen molar-refractivity contribution in [3.05, 3.63) is 94.5 Å². The number of nitrogens with zero attached hydrogens (tertiary/aromatic N) is 1. The number of benzene rings is 3. The molecule has 0 aliphatic carbocycles. The van der Waals surface area contributed by atoms with E-state index in [-0.39, 0.29) is 17.5 Å². The third-order valence-electron chi connectivity index (χ3n) is 5.23. The molecule has 0 atom stereocenters. The first-order chi connectivity index (χ1) is 15.5. The first-order valence-corrected chi connectivity index (χ1v) is 11.2. The topological polar surface area (TPSA) is 58.6 Å². The van der Waals surface area contributed by atoms with E-state index in [9.17, 15) is 9.59 Å². The van der Waals surface area contributed by atoms with Crippen LogP contribution in [0.2, 0.25) is 0 Å². The summed E-state index contributed by atoms with van der Waals surface area (Å²) in [5.41, 5.74) is 3.63. The molecule has 0 aromatic heterocycles. The molecular formula is C26H24N2O3S. The highest BCUT2D eigenvalue weighted by molar-refractivity contribution is 8.04. The number of rotatable bonds is 7. The van der Waals surface area contributed by atoms with Gasteiger partial charge in [0.05, 0.1) is 12.8 Å². The van der Waals surface area contributed by atoms with Gasteiger partial charge in [0.2, 0.25) is 0 Å². The minimum Gasteiger partial charge on any atom is -0.497 e. The largest absolute Gasteiger partial charge is 0.497 e. The molecule has 0 radical (unpaired) electrons. The van der Waals surface area contributed by atoms with Crippen LogP contribution >= 0.6 is 11.8 Å². The second kappa shape index (κ2) is 9.32. The van der Waals surface area contributed by atoms with Gasteiger partial charge in [-0.1, -0.05) is 60.6 Å². The van der Waals surface area contributed by atoms with Crippen molar-refractivity contribution in [3.8, 4) is 5.75 Å². The molecule has 2 amide bonds. The van der Waals surface area contributed by atoms with E-state index in [2.05, 4.69) is 5.32 Å². The summed E-state index contributed by atoms with van der Waals surface area (Å²) in [4.78, 5) is 29.6. The van der Waals surface area contributed by atoms with Gasteiger partial charge in [0.15, 0.2) is 0 Å². The Bertz CT molecular complexity index is 1200. The fourth-order valence-corrected chi connectivity index (χ4v) is 4.46. The lowest BCUT2D eigenvalue weighted by molar-refractivity contribution is -0.120. The summed E-state index contributed by atoms with van der Waals surface area (Å²) in [5.74, 6) is -0.0338. The molecule has 0 spiro atoms. The van der Waals surface area contributed by atoms with E-state index < -0.39 is 0 Å². The first-order valence-electron chi connectivity index (χ1n) is 10.4. The molecule has 5 nitrogen and oxygen atoms in total. The summed E-state index contributed by atoms with van der Waals surface area (Å²) in [6.07, 6.45) is 0.715. The molecule has 4 rings (SSSR count). The van der Waals surface area contributed by atoms with Crippen LogP contribution in [0, 0.1) is 6.92 Å². The summed E-state index contributed by atoms with van der Waals surface area (Å²) in [6, 6.07) is 22.7. The molecule has 0 saturated heterocycles. The van der Waals surface area contributed by atoms with Crippen LogP contribution in [0.4, 0.5) is 11.4 Å². The van der Waals surface area contributed by atoms with Crippen molar-refractivity contribution in [2.45, 2.75) is 25.2 Å². The Morgan fingerprint density at radius 1 is 0.938 bits per heavy atom. The first kappa shape index (κ1) is 21.7. The average Bonchev–Trinajstić information content (AvgIpc) is 3.04. The third-order valence-corrected chi connectivity index (χ3v) is 6.33. The van der Waals surface area contributed by atoms with Crippen molar-refractivity contribution in [1.82, 2.24) is 0 Å². The van der Waals surface area contributed by atoms with Crippen molar-refractivity contribution in [1.29, 1.82) is 0 Å². The highest BCUT2D eigenvalue weighted by Gasteiger charge is 2.40. The predicted molar refractivity (Wildman–Crippen MR) is 129 cm³/mol. The SMILES string of the molecule is CCc1ccccc1N1C(=O)C(Nc2cccc(OC)c2)=C(Sc2ccc(C)cc2)C1=O. The van der Waals surface area contributed by atoms with E-state index in [1.807, 2.05) is 80.6 Å². The summed E-state index contributed by atoms with van der Waals surface area (Å²) < 4.78 is 5.30. The Morgan fingerprint density at radius 2 is 1.69 bits per heavy atom. The van der Waals surface area contributed by atoms with Crippen LogP contribution in [-0.4, -0.2) is 18.9 Å². The molecule has 0 fully saturated rings. The van der Waals surface area contributed by atoms with Gasteiger partial charge in [0.25, 0.3) is 11.8 Å². The van der Waals surface area contributed by atoms with Crippen molar-refractivity contribution in [2.24, 2.45) is 0 Å². The lowest BCUT2D eigenvalue weighted by atomic mass is 10.1. The van der Waals surface area contributed by atoms with Crippen LogP contribution in [0.25, 0.3) is 0 Å². The number of carbonyl (C=O) groups is 2. The van der Waals surface area contributed by atoms with Gasteiger partial charge < -0.3 is 10.1 Å². The number of hydrogen-bond donors (Lipinski definition) is 1. The zero-order chi connectivity index (χ0) is 22.7. The maximum atomic E-state index is 13.5. The lowest BCUT2D eigenvalue weighted by Gasteiger charge is -2.18. The number of methoxy groups -OCH3 is 1. The van der Waals surface area contributed by atoms with Crippen LogP contribution in [0.3, 0.4) is 0 Å². The maximum absolute atomic E-state index is 13.5. The summed E-state index contributed by atoms with van der Waals surface area (Å²) in [5, 5.41) is 3.18. The fourth-order valence-electron chi connectivity index (χ4n) is 3.53. The predicted octanol–water partition coefficient (Wildman–Crippen LogP) is 5.56. The number of thioether (sulfide) groups is 1. The van der Waals surface area contributed by atoms with Gasteiger partial charge in [0, 0.05) is 16.6 Å². The maximum Gasteiger partial charge on any atom is 0.283 e. The number of nitrogens with one attached hydrogen (secondary N) is 1. The molecule has 6 heteroatoms. The Labute approximate surface area is 192 Å². The lowest BCUT2D eigenvalue weighted by Crippen LogP contribution is -2.33. The number of carbonyl (C=O) groups excluding carboxylic acids is 2. The molecular weight excluding hydrogens is 420 g/mol. The Morgan fingerprint density at radius 3 is 2.41 bits per heavy atom. The Kier molecular flexibility index (Phi) is 6.32. The van der Waals surface area contributed by atoms with Crippen molar-refractivity contribution in [3.63, 3.8) is 0 Å². The van der Waals surface area contributed by atoms with Crippen LogP contribution in [-0.2, 0) is 16.0 Å². The van der Waals surface area contributed by atoms with Crippen molar-refractivity contribution >= 4 is 35.0 Å². The van der Waals surface area contributed by atoms with E-state index in [0.29, 0.717) is 28.5 Å². The van der Waals surface area contributed by atoms with Gasteiger partial charge >= 0.3 is 0 Å². The molecule has 32 heavy (non-hydrogen) atoms. The zero-order valence-corrected chi connectivity index (χ0v) is 19.0. The summed E-state index contributed by atoms with van der Waals surface area (Å²) >= 11 is 1.29.